The number of carbonyl (C=O) groups is 2. The fourth-order valence-corrected chi connectivity index (χ4v) is 4.65. The van der Waals surface area contributed by atoms with Gasteiger partial charge in [-0.25, -0.2) is 0 Å². The number of benzene rings is 2. The summed E-state index contributed by atoms with van der Waals surface area (Å²) in [5, 5.41) is 3.81. The SMILES string of the molecule is Cc1cccc(CN(C(=O)CSc2ccc(Cl)cc2)C(C)C(=O)NC2CCCC2)c1. The maximum atomic E-state index is 13.2. The lowest BCUT2D eigenvalue weighted by atomic mass is 10.1. The van der Waals surface area contributed by atoms with Gasteiger partial charge in [0.15, 0.2) is 0 Å². The van der Waals surface area contributed by atoms with Gasteiger partial charge in [0, 0.05) is 22.5 Å². The second-order valence-corrected chi connectivity index (χ2v) is 9.40. The summed E-state index contributed by atoms with van der Waals surface area (Å²) in [5.74, 6) is 0.152. The Morgan fingerprint density at radius 2 is 1.87 bits per heavy atom. The highest BCUT2D eigenvalue weighted by atomic mass is 35.5. The van der Waals surface area contributed by atoms with E-state index in [9.17, 15) is 9.59 Å². The smallest absolute Gasteiger partial charge is 0.242 e. The quantitative estimate of drug-likeness (QED) is 0.568. The van der Waals surface area contributed by atoms with E-state index in [1.54, 1.807) is 4.90 Å². The minimum absolute atomic E-state index is 0.0504. The monoisotopic (exact) mass is 444 g/mol. The lowest BCUT2D eigenvalue weighted by Gasteiger charge is -2.29. The zero-order valence-corrected chi connectivity index (χ0v) is 19.1. The number of rotatable bonds is 8. The van der Waals surface area contributed by atoms with Crippen LogP contribution in [0.25, 0.3) is 0 Å². The molecule has 1 saturated carbocycles. The van der Waals surface area contributed by atoms with E-state index in [2.05, 4.69) is 11.4 Å². The van der Waals surface area contributed by atoms with Crippen molar-refractivity contribution in [2.45, 2.75) is 63.1 Å². The Bertz CT molecular complexity index is 866. The van der Waals surface area contributed by atoms with Gasteiger partial charge in [0.2, 0.25) is 11.8 Å². The third kappa shape index (κ3) is 6.51. The summed E-state index contributed by atoms with van der Waals surface area (Å²) in [4.78, 5) is 28.7. The molecule has 0 heterocycles. The largest absolute Gasteiger partial charge is 0.352 e. The Hall–Kier alpha value is -1.98. The fraction of sp³-hybridized carbons (Fsp3) is 0.417. The summed E-state index contributed by atoms with van der Waals surface area (Å²) >= 11 is 7.40. The standard InChI is InChI=1S/C24H29ClN2O2S/c1-17-6-5-7-19(14-17)15-27(18(2)24(29)26-21-8-3-4-9-21)23(28)16-30-22-12-10-20(25)11-13-22/h5-7,10-14,18,21H,3-4,8-9,15-16H2,1-2H3,(H,26,29). The summed E-state index contributed by atoms with van der Waals surface area (Å²) in [5.41, 5.74) is 2.17. The third-order valence-electron chi connectivity index (χ3n) is 5.48. The second-order valence-electron chi connectivity index (χ2n) is 7.92. The molecule has 30 heavy (non-hydrogen) atoms. The van der Waals surface area contributed by atoms with Crippen LogP contribution in [0.2, 0.25) is 5.02 Å². The number of amides is 2. The van der Waals surface area contributed by atoms with Crippen molar-refractivity contribution in [3.63, 3.8) is 0 Å². The van der Waals surface area contributed by atoms with Crippen LogP contribution in [-0.2, 0) is 16.1 Å². The first kappa shape index (κ1) is 22.7. The van der Waals surface area contributed by atoms with E-state index in [0.717, 1.165) is 41.7 Å². The van der Waals surface area contributed by atoms with Crippen LogP contribution in [0.15, 0.2) is 53.4 Å². The summed E-state index contributed by atoms with van der Waals surface area (Å²) in [6, 6.07) is 15.2. The Morgan fingerprint density at radius 3 is 2.53 bits per heavy atom. The van der Waals surface area contributed by atoms with E-state index in [0.29, 0.717) is 11.6 Å². The topological polar surface area (TPSA) is 49.4 Å². The zero-order chi connectivity index (χ0) is 21.5. The Balaban J connectivity index is 1.70. The first-order chi connectivity index (χ1) is 14.4. The number of thioether (sulfide) groups is 1. The minimum atomic E-state index is -0.524. The molecule has 4 nitrogen and oxygen atoms in total. The molecule has 0 aliphatic heterocycles. The van der Waals surface area contributed by atoms with Gasteiger partial charge >= 0.3 is 0 Å². The summed E-state index contributed by atoms with van der Waals surface area (Å²) in [7, 11) is 0. The second kappa shape index (κ2) is 10.9. The molecule has 1 aliphatic carbocycles. The van der Waals surface area contributed by atoms with Gasteiger partial charge in [-0.3, -0.25) is 9.59 Å². The molecule has 3 rings (SSSR count). The molecule has 0 spiro atoms. The molecular formula is C24H29ClN2O2S. The van der Waals surface area contributed by atoms with Crippen molar-refractivity contribution >= 4 is 35.2 Å². The zero-order valence-electron chi connectivity index (χ0n) is 17.6. The van der Waals surface area contributed by atoms with Crippen molar-refractivity contribution in [3.8, 4) is 0 Å². The van der Waals surface area contributed by atoms with Gasteiger partial charge in [0.1, 0.15) is 6.04 Å². The maximum Gasteiger partial charge on any atom is 0.242 e. The molecule has 1 aliphatic rings. The molecule has 1 atom stereocenters. The van der Waals surface area contributed by atoms with Crippen LogP contribution in [0.5, 0.6) is 0 Å². The van der Waals surface area contributed by atoms with Crippen LogP contribution < -0.4 is 5.32 Å². The van der Waals surface area contributed by atoms with E-state index in [-0.39, 0.29) is 23.6 Å². The lowest BCUT2D eigenvalue weighted by molar-refractivity contribution is -0.138. The lowest BCUT2D eigenvalue weighted by Crippen LogP contribution is -2.50. The van der Waals surface area contributed by atoms with Crippen molar-refractivity contribution in [1.82, 2.24) is 10.2 Å². The van der Waals surface area contributed by atoms with Gasteiger partial charge < -0.3 is 10.2 Å². The Kier molecular flexibility index (Phi) is 8.23. The highest BCUT2D eigenvalue weighted by molar-refractivity contribution is 8.00. The minimum Gasteiger partial charge on any atom is -0.352 e. The van der Waals surface area contributed by atoms with Crippen LogP contribution in [0, 0.1) is 6.92 Å². The summed E-state index contributed by atoms with van der Waals surface area (Å²) < 4.78 is 0. The van der Waals surface area contributed by atoms with Crippen LogP contribution in [0.4, 0.5) is 0 Å². The summed E-state index contributed by atoms with van der Waals surface area (Å²) in [6.45, 7) is 4.27. The van der Waals surface area contributed by atoms with Gasteiger partial charge in [-0.2, -0.15) is 0 Å². The normalized spacial score (nSPS) is 15.0. The van der Waals surface area contributed by atoms with Crippen LogP contribution in [0.1, 0.15) is 43.7 Å². The van der Waals surface area contributed by atoms with Crippen LogP contribution >= 0.6 is 23.4 Å². The number of nitrogens with zero attached hydrogens (tertiary/aromatic N) is 1. The molecule has 160 valence electrons. The van der Waals surface area contributed by atoms with Crippen molar-refractivity contribution in [2.24, 2.45) is 0 Å². The number of hydrogen-bond donors (Lipinski definition) is 1. The van der Waals surface area contributed by atoms with Gasteiger partial charge in [0.05, 0.1) is 5.75 Å². The molecule has 6 heteroatoms. The fourth-order valence-electron chi connectivity index (χ4n) is 3.74. The average molecular weight is 445 g/mol. The molecule has 0 radical (unpaired) electrons. The van der Waals surface area contributed by atoms with Gasteiger partial charge in [0.25, 0.3) is 0 Å². The predicted molar refractivity (Wildman–Crippen MR) is 124 cm³/mol. The van der Waals surface area contributed by atoms with Crippen molar-refractivity contribution in [1.29, 1.82) is 0 Å². The first-order valence-corrected chi connectivity index (χ1v) is 11.8. The van der Waals surface area contributed by atoms with Crippen molar-refractivity contribution in [3.05, 3.63) is 64.7 Å². The molecule has 1 unspecified atom stereocenters. The van der Waals surface area contributed by atoms with E-state index in [4.69, 9.17) is 11.6 Å². The predicted octanol–water partition coefficient (Wildman–Crippen LogP) is 5.22. The van der Waals surface area contributed by atoms with Crippen molar-refractivity contribution in [2.75, 3.05) is 5.75 Å². The molecule has 1 N–H and O–H groups in total. The molecule has 2 aromatic rings. The highest BCUT2D eigenvalue weighted by Gasteiger charge is 2.28. The average Bonchev–Trinajstić information content (AvgIpc) is 3.24. The molecular weight excluding hydrogens is 416 g/mol. The van der Waals surface area contributed by atoms with Crippen LogP contribution in [0.3, 0.4) is 0 Å². The number of aryl methyl sites for hydroxylation is 1. The van der Waals surface area contributed by atoms with E-state index < -0.39 is 6.04 Å². The molecule has 0 aromatic heterocycles. The molecule has 2 amide bonds. The molecule has 0 bridgehead atoms. The Labute approximate surface area is 188 Å². The number of nitrogens with one attached hydrogen (secondary N) is 1. The maximum absolute atomic E-state index is 13.2. The summed E-state index contributed by atoms with van der Waals surface area (Å²) in [6.07, 6.45) is 4.36. The van der Waals surface area contributed by atoms with Gasteiger partial charge in [-0.15, -0.1) is 11.8 Å². The highest BCUT2D eigenvalue weighted by Crippen LogP contribution is 2.22. The van der Waals surface area contributed by atoms with Crippen LogP contribution in [-0.4, -0.2) is 34.6 Å². The van der Waals surface area contributed by atoms with E-state index >= 15 is 0 Å². The molecule has 2 aromatic carbocycles. The third-order valence-corrected chi connectivity index (χ3v) is 6.73. The van der Waals surface area contributed by atoms with Gasteiger partial charge in [-0.1, -0.05) is 54.3 Å². The van der Waals surface area contributed by atoms with E-state index in [1.807, 2.05) is 56.3 Å². The molecule has 1 fully saturated rings. The number of hydrogen-bond acceptors (Lipinski definition) is 3. The molecule has 0 saturated heterocycles. The number of carbonyl (C=O) groups excluding carboxylic acids is 2. The number of halogens is 1. The van der Waals surface area contributed by atoms with Gasteiger partial charge in [-0.05, 0) is 56.5 Å². The first-order valence-electron chi connectivity index (χ1n) is 10.5. The Morgan fingerprint density at radius 1 is 1.17 bits per heavy atom. The van der Waals surface area contributed by atoms with Crippen molar-refractivity contribution < 1.29 is 9.59 Å². The van der Waals surface area contributed by atoms with E-state index in [1.165, 1.54) is 11.8 Å².